The number of benzene rings is 1. The van der Waals surface area contributed by atoms with Gasteiger partial charge in [0.1, 0.15) is 11.5 Å². The maximum absolute atomic E-state index is 13.2. The summed E-state index contributed by atoms with van der Waals surface area (Å²) in [5.74, 6) is -1.79. The number of aromatic nitrogens is 1. The summed E-state index contributed by atoms with van der Waals surface area (Å²) in [6.45, 7) is 0. The largest absolute Gasteiger partial charge is 0.370 e. The summed E-state index contributed by atoms with van der Waals surface area (Å²) in [5.41, 5.74) is 6.88. The lowest BCUT2D eigenvalue weighted by molar-refractivity contribution is -0.119. The van der Waals surface area contributed by atoms with Crippen LogP contribution in [-0.2, 0) is 21.1 Å². The van der Waals surface area contributed by atoms with Crippen LogP contribution in [0.3, 0.4) is 0 Å². The predicted molar refractivity (Wildman–Crippen MR) is 108 cm³/mol. The monoisotopic (exact) mass is 431 g/mol. The zero-order valence-electron chi connectivity index (χ0n) is 16.2. The summed E-state index contributed by atoms with van der Waals surface area (Å²) >= 11 is 0. The van der Waals surface area contributed by atoms with Crippen LogP contribution in [0, 0.1) is 5.82 Å². The molecule has 2 heterocycles. The first-order chi connectivity index (χ1) is 14.1. The Bertz CT molecular complexity index is 1100. The first-order valence-electron chi connectivity index (χ1n) is 9.70. The summed E-state index contributed by atoms with van der Waals surface area (Å²) in [5, 5.41) is 2.66. The van der Waals surface area contributed by atoms with Crippen molar-refractivity contribution in [2.45, 2.75) is 37.1 Å². The molecule has 0 unspecified atom stereocenters. The van der Waals surface area contributed by atoms with Crippen molar-refractivity contribution in [2.24, 2.45) is 5.73 Å². The molecule has 0 bridgehead atoms. The first kappa shape index (κ1) is 20.5. The normalized spacial score (nSPS) is 19.0. The number of pyridine rings is 1. The number of amides is 2. The van der Waals surface area contributed by atoms with Gasteiger partial charge in [-0.3, -0.25) is 9.59 Å². The van der Waals surface area contributed by atoms with Crippen LogP contribution >= 0.6 is 0 Å². The average molecular weight is 431 g/mol. The molecule has 30 heavy (non-hydrogen) atoms. The van der Waals surface area contributed by atoms with Gasteiger partial charge < -0.3 is 11.1 Å². The molecule has 1 saturated carbocycles. The number of hydrogen-bond donors (Lipinski definition) is 2. The van der Waals surface area contributed by atoms with E-state index in [1.54, 1.807) is 18.2 Å². The van der Waals surface area contributed by atoms with Crippen LogP contribution in [0.5, 0.6) is 0 Å². The van der Waals surface area contributed by atoms with Gasteiger partial charge in [-0.1, -0.05) is 18.2 Å². The van der Waals surface area contributed by atoms with E-state index in [0.29, 0.717) is 12.3 Å². The van der Waals surface area contributed by atoms with Gasteiger partial charge in [-0.25, -0.2) is 17.8 Å². The molecule has 1 aromatic carbocycles. The third-order valence-electron chi connectivity index (χ3n) is 5.43. The third-order valence-corrected chi connectivity index (χ3v) is 7.41. The van der Waals surface area contributed by atoms with Gasteiger partial charge in [0.05, 0.1) is 23.5 Å². The van der Waals surface area contributed by atoms with Crippen molar-refractivity contribution < 1.29 is 22.4 Å². The number of nitrogens with zero attached hydrogens (tertiary/aromatic N) is 1. The number of primary amides is 1. The van der Waals surface area contributed by atoms with Crippen molar-refractivity contribution in [3.8, 4) is 0 Å². The smallest absolute Gasteiger partial charge is 0.270 e. The lowest BCUT2D eigenvalue weighted by Gasteiger charge is -2.40. The molecule has 2 fully saturated rings. The van der Waals surface area contributed by atoms with Gasteiger partial charge in [-0.2, -0.15) is 0 Å². The van der Waals surface area contributed by atoms with E-state index in [1.807, 2.05) is 6.07 Å². The topological polar surface area (TPSA) is 119 Å². The van der Waals surface area contributed by atoms with Crippen molar-refractivity contribution in [1.82, 2.24) is 10.3 Å². The van der Waals surface area contributed by atoms with Crippen LogP contribution in [-0.4, -0.2) is 42.3 Å². The summed E-state index contributed by atoms with van der Waals surface area (Å²) in [6.07, 6.45) is 2.32. The number of hydrogen-bond acceptors (Lipinski definition) is 5. The Morgan fingerprint density at radius 2 is 1.80 bits per heavy atom. The molecule has 0 atom stereocenters. The maximum Gasteiger partial charge on any atom is 0.270 e. The van der Waals surface area contributed by atoms with Gasteiger partial charge in [0, 0.05) is 12.1 Å². The molecule has 2 aliphatic rings. The Labute approximate surface area is 173 Å². The van der Waals surface area contributed by atoms with Crippen LogP contribution in [0.15, 0.2) is 36.4 Å². The molecule has 7 nitrogen and oxygen atoms in total. The number of carbonyl (C=O) groups is 2. The standard InChI is InChI=1S/C21H22FN3O4S/c22-15-5-1-13(2-6-15)9-18-16(14-3-4-14)7-8-17(24-18)20(27)25-21(10-19(23)26)11-30(28,29)12-21/h1-2,5-8,14H,3-4,9-12H2,(H2,23,26)(H,25,27). The SMILES string of the molecule is NC(=O)CC1(NC(=O)c2ccc(C3CC3)c(Cc3ccc(F)cc3)n2)CS(=O)(=O)C1. The fourth-order valence-corrected chi connectivity index (χ4v) is 5.95. The molecular weight excluding hydrogens is 409 g/mol. The van der Waals surface area contributed by atoms with E-state index in [0.717, 1.165) is 29.7 Å². The van der Waals surface area contributed by atoms with Crippen molar-refractivity contribution in [1.29, 1.82) is 0 Å². The number of halogens is 1. The second kappa shape index (κ2) is 7.46. The fraction of sp³-hybridized carbons (Fsp3) is 0.381. The molecule has 158 valence electrons. The Balaban J connectivity index is 1.58. The van der Waals surface area contributed by atoms with Crippen molar-refractivity contribution in [3.05, 3.63) is 64.7 Å². The van der Waals surface area contributed by atoms with Crippen LogP contribution in [0.25, 0.3) is 0 Å². The Morgan fingerprint density at radius 1 is 1.13 bits per heavy atom. The number of rotatable bonds is 7. The minimum absolute atomic E-state index is 0.143. The van der Waals surface area contributed by atoms with E-state index in [4.69, 9.17) is 5.73 Å². The molecule has 1 saturated heterocycles. The quantitative estimate of drug-likeness (QED) is 0.688. The lowest BCUT2D eigenvalue weighted by atomic mass is 9.97. The van der Waals surface area contributed by atoms with E-state index in [9.17, 15) is 22.4 Å². The molecule has 0 radical (unpaired) electrons. The molecule has 3 N–H and O–H groups in total. The number of nitrogens with one attached hydrogen (secondary N) is 1. The zero-order chi connectivity index (χ0) is 21.5. The average Bonchev–Trinajstić information content (AvgIpc) is 3.46. The molecule has 2 aromatic rings. The maximum atomic E-state index is 13.2. The van der Waals surface area contributed by atoms with Crippen molar-refractivity contribution >= 4 is 21.7 Å². The predicted octanol–water partition coefficient (Wildman–Crippen LogP) is 1.46. The molecule has 0 spiro atoms. The molecule has 2 amide bonds. The fourth-order valence-electron chi connectivity index (χ4n) is 4.00. The Kier molecular flexibility index (Phi) is 5.09. The second-order valence-corrected chi connectivity index (χ2v) is 10.3. The summed E-state index contributed by atoms with van der Waals surface area (Å²) in [4.78, 5) is 28.7. The molecule has 1 aliphatic carbocycles. The van der Waals surface area contributed by atoms with Gasteiger partial charge in [-0.15, -0.1) is 0 Å². The van der Waals surface area contributed by atoms with Gasteiger partial charge >= 0.3 is 0 Å². The number of carbonyl (C=O) groups excluding carboxylic acids is 2. The van der Waals surface area contributed by atoms with E-state index in [1.165, 1.54) is 12.1 Å². The highest BCUT2D eigenvalue weighted by Gasteiger charge is 2.50. The molecule has 1 aromatic heterocycles. The van der Waals surface area contributed by atoms with Gasteiger partial charge in [-0.05, 0) is 48.1 Å². The zero-order valence-corrected chi connectivity index (χ0v) is 17.0. The Hall–Kier alpha value is -2.81. The molecular formula is C21H22FN3O4S. The second-order valence-electron chi connectivity index (χ2n) is 8.22. The van der Waals surface area contributed by atoms with Gasteiger partial charge in [0.15, 0.2) is 9.84 Å². The minimum Gasteiger partial charge on any atom is -0.370 e. The summed E-state index contributed by atoms with van der Waals surface area (Å²) < 4.78 is 36.5. The number of sulfone groups is 1. The highest BCUT2D eigenvalue weighted by molar-refractivity contribution is 7.93. The van der Waals surface area contributed by atoms with Gasteiger partial charge in [0.25, 0.3) is 5.91 Å². The third kappa shape index (κ3) is 4.51. The van der Waals surface area contributed by atoms with Crippen molar-refractivity contribution in [3.63, 3.8) is 0 Å². The van der Waals surface area contributed by atoms with E-state index in [2.05, 4.69) is 10.3 Å². The van der Waals surface area contributed by atoms with E-state index in [-0.39, 0.29) is 29.4 Å². The first-order valence-corrected chi connectivity index (χ1v) is 11.5. The highest BCUT2D eigenvalue weighted by atomic mass is 32.2. The highest BCUT2D eigenvalue weighted by Crippen LogP contribution is 2.41. The lowest BCUT2D eigenvalue weighted by Crippen LogP contribution is -2.66. The Morgan fingerprint density at radius 3 is 2.37 bits per heavy atom. The summed E-state index contributed by atoms with van der Waals surface area (Å²) in [6, 6.07) is 9.61. The van der Waals surface area contributed by atoms with Gasteiger partial charge in [0.2, 0.25) is 5.91 Å². The summed E-state index contributed by atoms with van der Waals surface area (Å²) in [7, 11) is -3.30. The number of nitrogens with two attached hydrogens (primary N) is 1. The minimum atomic E-state index is -3.30. The van der Waals surface area contributed by atoms with E-state index < -0.39 is 27.2 Å². The molecule has 4 rings (SSSR count). The van der Waals surface area contributed by atoms with E-state index >= 15 is 0 Å². The van der Waals surface area contributed by atoms with Crippen LogP contribution in [0.2, 0.25) is 0 Å². The molecule has 9 heteroatoms. The van der Waals surface area contributed by atoms with Crippen LogP contribution in [0.4, 0.5) is 4.39 Å². The van der Waals surface area contributed by atoms with Crippen molar-refractivity contribution in [2.75, 3.05) is 11.5 Å². The van der Waals surface area contributed by atoms with Crippen LogP contribution < -0.4 is 11.1 Å². The molecule has 1 aliphatic heterocycles. The van der Waals surface area contributed by atoms with Crippen LogP contribution in [0.1, 0.15) is 52.5 Å².